The van der Waals surface area contributed by atoms with Crippen molar-refractivity contribution in [1.82, 2.24) is 15.3 Å². The van der Waals surface area contributed by atoms with Crippen molar-refractivity contribution in [2.24, 2.45) is 0 Å². The molecule has 2 N–H and O–H groups in total. The summed E-state index contributed by atoms with van der Waals surface area (Å²) >= 11 is 10.6. The lowest BCUT2D eigenvalue weighted by atomic mass is 9.90. The predicted octanol–water partition coefficient (Wildman–Crippen LogP) is 6.28. The van der Waals surface area contributed by atoms with Gasteiger partial charge in [-0.2, -0.15) is 13.2 Å². The number of alkyl halides is 3. The van der Waals surface area contributed by atoms with Crippen molar-refractivity contribution in [1.29, 1.82) is 0 Å². The first-order valence-electron chi connectivity index (χ1n) is 9.55. The molecule has 0 spiro atoms. The van der Waals surface area contributed by atoms with Gasteiger partial charge >= 0.3 is 6.18 Å². The first kappa shape index (κ1) is 22.3. The average Bonchev–Trinajstić information content (AvgIpc) is 3.15. The van der Waals surface area contributed by atoms with E-state index in [9.17, 15) is 18.0 Å². The van der Waals surface area contributed by atoms with Crippen molar-refractivity contribution in [3.63, 3.8) is 0 Å². The first-order valence-corrected chi connectivity index (χ1v) is 11.6. The van der Waals surface area contributed by atoms with E-state index in [0.717, 1.165) is 6.07 Å². The SMILES string of the molecule is O=C(NC1CCC(Nc2cc(C(F)(F)F)nc3ccc(Cl)cc23)CC1)c1nc(Br)cs1. The number of anilines is 1. The highest BCUT2D eigenvalue weighted by atomic mass is 79.9. The summed E-state index contributed by atoms with van der Waals surface area (Å²) in [5, 5.41) is 9.34. The summed E-state index contributed by atoms with van der Waals surface area (Å²) in [5.41, 5.74) is -0.349. The minimum Gasteiger partial charge on any atom is -0.382 e. The van der Waals surface area contributed by atoms with Crippen molar-refractivity contribution >= 4 is 61.4 Å². The number of hydrogen-bond acceptors (Lipinski definition) is 5. The average molecular weight is 534 g/mol. The minimum absolute atomic E-state index is 0.00240. The van der Waals surface area contributed by atoms with Crippen LogP contribution in [0.4, 0.5) is 18.9 Å². The van der Waals surface area contributed by atoms with Gasteiger partial charge in [-0.3, -0.25) is 4.79 Å². The summed E-state index contributed by atoms with van der Waals surface area (Å²) in [5.74, 6) is -0.211. The van der Waals surface area contributed by atoms with Gasteiger partial charge in [0.15, 0.2) is 5.01 Å². The molecule has 1 saturated carbocycles. The fourth-order valence-electron chi connectivity index (χ4n) is 3.67. The Morgan fingerprint density at radius 2 is 1.84 bits per heavy atom. The monoisotopic (exact) mass is 532 g/mol. The van der Waals surface area contributed by atoms with Gasteiger partial charge in [0.05, 0.1) is 5.52 Å². The molecule has 2 heterocycles. The molecule has 0 atom stereocenters. The van der Waals surface area contributed by atoms with Crippen LogP contribution in [-0.4, -0.2) is 28.0 Å². The maximum absolute atomic E-state index is 13.3. The van der Waals surface area contributed by atoms with E-state index in [1.54, 1.807) is 11.4 Å². The molecule has 164 valence electrons. The molecular weight excluding hydrogens is 517 g/mol. The molecule has 5 nitrogen and oxygen atoms in total. The molecule has 2 aromatic heterocycles. The van der Waals surface area contributed by atoms with Gasteiger partial charge in [0.25, 0.3) is 5.91 Å². The lowest BCUT2D eigenvalue weighted by molar-refractivity contribution is -0.140. The summed E-state index contributed by atoms with van der Waals surface area (Å²) in [6.07, 6.45) is -1.70. The van der Waals surface area contributed by atoms with Gasteiger partial charge in [-0.1, -0.05) is 11.6 Å². The largest absolute Gasteiger partial charge is 0.433 e. The topological polar surface area (TPSA) is 66.9 Å². The van der Waals surface area contributed by atoms with Crippen LogP contribution in [0.15, 0.2) is 34.2 Å². The zero-order valence-corrected chi connectivity index (χ0v) is 19.1. The summed E-state index contributed by atoms with van der Waals surface area (Å²) in [4.78, 5) is 20.1. The van der Waals surface area contributed by atoms with E-state index in [0.29, 0.717) is 51.4 Å². The normalized spacial score (nSPS) is 19.4. The van der Waals surface area contributed by atoms with Gasteiger partial charge < -0.3 is 10.6 Å². The van der Waals surface area contributed by atoms with Crippen LogP contribution in [0.1, 0.15) is 41.2 Å². The quantitative estimate of drug-likeness (QED) is 0.414. The molecule has 1 amide bonds. The molecule has 1 aromatic carbocycles. The highest BCUT2D eigenvalue weighted by Crippen LogP contribution is 2.35. The second-order valence-electron chi connectivity index (χ2n) is 7.36. The fraction of sp³-hybridized carbons (Fsp3) is 0.350. The molecule has 0 bridgehead atoms. The summed E-state index contributed by atoms with van der Waals surface area (Å²) in [6, 6.07) is 5.64. The number of fused-ring (bicyclic) bond motifs is 1. The third-order valence-electron chi connectivity index (χ3n) is 5.15. The van der Waals surface area contributed by atoms with Crippen molar-refractivity contribution in [3.8, 4) is 0 Å². The van der Waals surface area contributed by atoms with Gasteiger partial charge in [0.2, 0.25) is 0 Å². The minimum atomic E-state index is -4.54. The van der Waals surface area contributed by atoms with Crippen molar-refractivity contribution in [3.05, 3.63) is 50.0 Å². The number of hydrogen-bond donors (Lipinski definition) is 2. The Labute approximate surface area is 193 Å². The number of halogens is 5. The molecule has 0 unspecified atom stereocenters. The van der Waals surface area contributed by atoms with E-state index < -0.39 is 11.9 Å². The number of nitrogens with zero attached hydrogens (tertiary/aromatic N) is 2. The molecule has 31 heavy (non-hydrogen) atoms. The number of nitrogens with one attached hydrogen (secondary N) is 2. The Balaban J connectivity index is 1.45. The molecule has 4 rings (SSSR count). The number of amides is 1. The maximum Gasteiger partial charge on any atom is 0.433 e. The maximum atomic E-state index is 13.3. The van der Waals surface area contributed by atoms with Crippen molar-refractivity contribution < 1.29 is 18.0 Å². The third kappa shape index (κ3) is 5.30. The van der Waals surface area contributed by atoms with Crippen LogP contribution in [0.2, 0.25) is 5.02 Å². The van der Waals surface area contributed by atoms with E-state index in [4.69, 9.17) is 11.6 Å². The van der Waals surface area contributed by atoms with E-state index >= 15 is 0 Å². The molecule has 1 aliphatic carbocycles. The van der Waals surface area contributed by atoms with Crippen LogP contribution in [0.3, 0.4) is 0 Å². The molecule has 0 saturated heterocycles. The lowest BCUT2D eigenvalue weighted by Gasteiger charge is -2.30. The number of thiazole rings is 1. The zero-order valence-electron chi connectivity index (χ0n) is 16.0. The van der Waals surface area contributed by atoms with Gasteiger partial charge in [-0.15, -0.1) is 11.3 Å². The van der Waals surface area contributed by atoms with Gasteiger partial charge in [-0.05, 0) is 65.9 Å². The molecule has 0 radical (unpaired) electrons. The smallest absolute Gasteiger partial charge is 0.382 e. The highest BCUT2D eigenvalue weighted by molar-refractivity contribution is 9.10. The first-order chi connectivity index (χ1) is 14.7. The molecular formula is C20H17BrClF3N4OS. The van der Waals surface area contributed by atoms with Crippen molar-refractivity contribution in [2.45, 2.75) is 43.9 Å². The number of pyridine rings is 1. The highest BCUT2D eigenvalue weighted by Gasteiger charge is 2.34. The van der Waals surface area contributed by atoms with Crippen molar-refractivity contribution in [2.75, 3.05) is 5.32 Å². The van der Waals surface area contributed by atoms with Crippen LogP contribution in [-0.2, 0) is 6.18 Å². The number of rotatable bonds is 4. The summed E-state index contributed by atoms with van der Waals surface area (Å²) < 4.78 is 40.5. The van der Waals surface area contributed by atoms with Gasteiger partial charge in [-0.25, -0.2) is 9.97 Å². The van der Waals surface area contributed by atoms with Crippen LogP contribution in [0, 0.1) is 0 Å². The van der Waals surface area contributed by atoms with Crippen LogP contribution in [0.5, 0.6) is 0 Å². The molecule has 1 fully saturated rings. The van der Waals surface area contributed by atoms with Crippen LogP contribution in [0.25, 0.3) is 10.9 Å². The third-order valence-corrected chi connectivity index (χ3v) is 6.94. The standard InChI is InChI=1S/C20H17BrClF3N4OS/c21-17-9-31-19(29-17)18(30)27-12-4-2-11(3-5-12)26-15-8-16(20(23,24)25)28-14-6-1-10(22)7-13(14)15/h1,6-9,11-12H,2-5H2,(H,26,28)(H,27,30). The Hall–Kier alpha value is -1.91. The second-order valence-corrected chi connectivity index (χ2v) is 9.46. The predicted molar refractivity (Wildman–Crippen MR) is 119 cm³/mol. The Kier molecular flexibility index (Phi) is 6.41. The van der Waals surface area contributed by atoms with E-state index in [-0.39, 0.29) is 23.5 Å². The van der Waals surface area contributed by atoms with Gasteiger partial charge in [0, 0.05) is 33.6 Å². The summed E-state index contributed by atoms with van der Waals surface area (Å²) in [7, 11) is 0. The Bertz CT molecular complexity index is 1120. The Morgan fingerprint density at radius 1 is 1.13 bits per heavy atom. The molecule has 1 aliphatic rings. The number of carbonyl (C=O) groups excluding carboxylic acids is 1. The van der Waals surface area contributed by atoms with E-state index in [1.165, 1.54) is 23.5 Å². The Morgan fingerprint density at radius 3 is 2.48 bits per heavy atom. The number of aromatic nitrogens is 2. The van der Waals surface area contributed by atoms with E-state index in [1.807, 2.05) is 0 Å². The zero-order chi connectivity index (χ0) is 22.2. The molecule has 0 aliphatic heterocycles. The number of carbonyl (C=O) groups is 1. The van der Waals surface area contributed by atoms with Gasteiger partial charge in [0.1, 0.15) is 10.3 Å². The molecule has 11 heteroatoms. The summed E-state index contributed by atoms with van der Waals surface area (Å²) in [6.45, 7) is 0. The molecule has 3 aromatic rings. The number of benzene rings is 1. The second kappa shape index (κ2) is 8.91. The van der Waals surface area contributed by atoms with E-state index in [2.05, 4.69) is 36.5 Å². The van der Waals surface area contributed by atoms with Crippen LogP contribution < -0.4 is 10.6 Å². The fourth-order valence-corrected chi connectivity index (χ4v) is 5.00. The lowest BCUT2D eigenvalue weighted by Crippen LogP contribution is -2.40. The van der Waals surface area contributed by atoms with Crippen LogP contribution >= 0.6 is 38.9 Å².